The van der Waals surface area contributed by atoms with Crippen LogP contribution in [0.4, 0.5) is 0 Å². The molecule has 0 saturated carbocycles. The van der Waals surface area contributed by atoms with Crippen LogP contribution in [0.3, 0.4) is 0 Å². The van der Waals surface area contributed by atoms with E-state index in [9.17, 15) is 9.59 Å². The number of piperazine rings is 1. The first-order valence-corrected chi connectivity index (χ1v) is 8.36. The summed E-state index contributed by atoms with van der Waals surface area (Å²) in [5.74, 6) is 0.0867. The van der Waals surface area contributed by atoms with Gasteiger partial charge < -0.3 is 9.64 Å². The fourth-order valence-electron chi connectivity index (χ4n) is 3.32. The van der Waals surface area contributed by atoms with Crippen LogP contribution in [0.5, 0.6) is 0 Å². The Labute approximate surface area is 133 Å². The monoisotopic (exact) mass is 308 g/mol. The van der Waals surface area contributed by atoms with Crippen molar-refractivity contribution in [2.75, 3.05) is 33.3 Å². The zero-order chi connectivity index (χ0) is 15.9. The maximum atomic E-state index is 12.5. The van der Waals surface area contributed by atoms with Crippen LogP contribution in [0.25, 0.3) is 0 Å². The summed E-state index contributed by atoms with van der Waals surface area (Å²) >= 11 is 0. The number of carbonyl (C=O) groups excluding carboxylic acids is 2. The molecule has 22 heavy (non-hydrogen) atoms. The van der Waals surface area contributed by atoms with Gasteiger partial charge >= 0.3 is 5.97 Å². The standard InChI is InChI=1S/C17H28N2O3/c1-14-13-18(9-8-17(21)22-2)10-11-19(14)16(20)12-15-6-4-3-5-7-15/h6,14H,3-5,7-13H2,1-2H3. The van der Waals surface area contributed by atoms with Crippen molar-refractivity contribution in [1.82, 2.24) is 9.80 Å². The van der Waals surface area contributed by atoms with Crippen LogP contribution in [0.2, 0.25) is 0 Å². The maximum absolute atomic E-state index is 12.5. The average molecular weight is 308 g/mol. The third kappa shape index (κ3) is 4.83. The summed E-state index contributed by atoms with van der Waals surface area (Å²) in [6.45, 7) is 5.24. The molecule has 1 unspecified atom stereocenters. The molecule has 1 saturated heterocycles. The molecule has 1 aliphatic carbocycles. The zero-order valence-electron chi connectivity index (χ0n) is 13.8. The molecular formula is C17H28N2O3. The summed E-state index contributed by atoms with van der Waals surface area (Å²) in [6.07, 6.45) is 7.94. The van der Waals surface area contributed by atoms with Gasteiger partial charge in [0.2, 0.25) is 5.91 Å². The fourth-order valence-corrected chi connectivity index (χ4v) is 3.32. The molecule has 0 radical (unpaired) electrons. The Hall–Kier alpha value is -1.36. The van der Waals surface area contributed by atoms with Gasteiger partial charge in [0, 0.05) is 38.6 Å². The molecule has 124 valence electrons. The van der Waals surface area contributed by atoms with Crippen LogP contribution in [-0.2, 0) is 14.3 Å². The van der Waals surface area contributed by atoms with Crippen molar-refractivity contribution < 1.29 is 14.3 Å². The number of hydrogen-bond acceptors (Lipinski definition) is 4. The predicted octanol–water partition coefficient (Wildman–Crippen LogP) is 1.97. The second kappa shape index (κ2) is 8.32. The minimum Gasteiger partial charge on any atom is -0.469 e. The molecule has 0 spiro atoms. The molecule has 0 bridgehead atoms. The Morgan fingerprint density at radius 2 is 2.14 bits per heavy atom. The molecule has 5 nitrogen and oxygen atoms in total. The summed E-state index contributed by atoms with van der Waals surface area (Å²) in [5.41, 5.74) is 1.32. The molecule has 5 heteroatoms. The highest BCUT2D eigenvalue weighted by atomic mass is 16.5. The van der Waals surface area contributed by atoms with Crippen molar-refractivity contribution >= 4 is 11.9 Å². The first kappa shape index (κ1) is 17.0. The Balaban J connectivity index is 1.78. The van der Waals surface area contributed by atoms with Crippen molar-refractivity contribution in [1.29, 1.82) is 0 Å². The number of allylic oxidation sites excluding steroid dienone is 1. The van der Waals surface area contributed by atoms with E-state index in [-0.39, 0.29) is 17.9 Å². The smallest absolute Gasteiger partial charge is 0.306 e. The van der Waals surface area contributed by atoms with Crippen LogP contribution in [0, 0.1) is 0 Å². The van der Waals surface area contributed by atoms with Crippen molar-refractivity contribution in [2.45, 2.75) is 51.5 Å². The van der Waals surface area contributed by atoms with Crippen LogP contribution in [-0.4, -0.2) is 61.0 Å². The van der Waals surface area contributed by atoms with E-state index in [1.165, 1.54) is 25.5 Å². The van der Waals surface area contributed by atoms with Gasteiger partial charge in [0.15, 0.2) is 0 Å². The number of nitrogens with zero attached hydrogens (tertiary/aromatic N) is 2. The molecule has 1 aliphatic heterocycles. The zero-order valence-corrected chi connectivity index (χ0v) is 13.8. The second-order valence-corrected chi connectivity index (χ2v) is 6.35. The lowest BCUT2D eigenvalue weighted by Crippen LogP contribution is -2.54. The largest absolute Gasteiger partial charge is 0.469 e. The van der Waals surface area contributed by atoms with Gasteiger partial charge in [0.05, 0.1) is 13.5 Å². The van der Waals surface area contributed by atoms with E-state index in [1.54, 1.807) is 0 Å². The van der Waals surface area contributed by atoms with Gasteiger partial charge in [-0.05, 0) is 32.6 Å². The van der Waals surface area contributed by atoms with Gasteiger partial charge in [-0.15, -0.1) is 0 Å². The summed E-state index contributed by atoms with van der Waals surface area (Å²) in [6, 6.07) is 0.211. The number of rotatable bonds is 5. The number of hydrogen-bond donors (Lipinski definition) is 0. The number of carbonyl (C=O) groups is 2. The minimum absolute atomic E-state index is 0.171. The summed E-state index contributed by atoms with van der Waals surface area (Å²) in [5, 5.41) is 0. The van der Waals surface area contributed by atoms with E-state index < -0.39 is 0 Å². The summed E-state index contributed by atoms with van der Waals surface area (Å²) in [4.78, 5) is 27.9. The Kier molecular flexibility index (Phi) is 6.43. The first-order valence-electron chi connectivity index (χ1n) is 8.36. The molecule has 0 N–H and O–H groups in total. The van der Waals surface area contributed by atoms with Crippen LogP contribution >= 0.6 is 0 Å². The van der Waals surface area contributed by atoms with E-state index in [2.05, 4.69) is 22.6 Å². The van der Waals surface area contributed by atoms with E-state index in [0.717, 1.165) is 32.5 Å². The van der Waals surface area contributed by atoms with Crippen molar-refractivity contribution in [3.05, 3.63) is 11.6 Å². The summed E-state index contributed by atoms with van der Waals surface area (Å²) in [7, 11) is 1.42. The lowest BCUT2D eigenvalue weighted by molar-refractivity contribution is -0.142. The van der Waals surface area contributed by atoms with E-state index >= 15 is 0 Å². The van der Waals surface area contributed by atoms with Crippen molar-refractivity contribution in [3.63, 3.8) is 0 Å². The number of amides is 1. The second-order valence-electron chi connectivity index (χ2n) is 6.35. The lowest BCUT2D eigenvalue weighted by Gasteiger charge is -2.40. The SMILES string of the molecule is COC(=O)CCN1CCN(C(=O)CC2=CCCCC2)C(C)C1. The van der Waals surface area contributed by atoms with Crippen LogP contribution in [0.1, 0.15) is 45.4 Å². The van der Waals surface area contributed by atoms with Gasteiger partial charge in [-0.3, -0.25) is 14.5 Å². The lowest BCUT2D eigenvalue weighted by atomic mass is 9.96. The van der Waals surface area contributed by atoms with Crippen molar-refractivity contribution in [3.8, 4) is 0 Å². The molecule has 0 aromatic carbocycles. The van der Waals surface area contributed by atoms with Gasteiger partial charge in [-0.1, -0.05) is 11.6 Å². The quantitative estimate of drug-likeness (QED) is 0.575. The Bertz CT molecular complexity index is 434. The van der Waals surface area contributed by atoms with Crippen LogP contribution in [0.15, 0.2) is 11.6 Å². The molecule has 1 fully saturated rings. The molecule has 0 aromatic rings. The fraction of sp³-hybridized carbons (Fsp3) is 0.765. The third-order valence-electron chi connectivity index (χ3n) is 4.66. The number of methoxy groups -OCH3 is 1. The van der Waals surface area contributed by atoms with Gasteiger partial charge in [-0.25, -0.2) is 0 Å². The van der Waals surface area contributed by atoms with Gasteiger partial charge in [-0.2, -0.15) is 0 Å². The highest BCUT2D eigenvalue weighted by Crippen LogP contribution is 2.22. The Morgan fingerprint density at radius 3 is 2.77 bits per heavy atom. The third-order valence-corrected chi connectivity index (χ3v) is 4.66. The maximum Gasteiger partial charge on any atom is 0.306 e. The molecule has 2 rings (SSSR count). The van der Waals surface area contributed by atoms with E-state index in [0.29, 0.717) is 19.4 Å². The highest BCUT2D eigenvalue weighted by Gasteiger charge is 2.27. The number of esters is 1. The normalized spacial score (nSPS) is 23.1. The summed E-state index contributed by atoms with van der Waals surface area (Å²) < 4.78 is 4.68. The minimum atomic E-state index is -0.171. The van der Waals surface area contributed by atoms with Gasteiger partial charge in [0.1, 0.15) is 0 Å². The van der Waals surface area contributed by atoms with Crippen LogP contribution < -0.4 is 0 Å². The number of ether oxygens (including phenoxy) is 1. The molecule has 0 aromatic heterocycles. The first-order chi connectivity index (χ1) is 10.6. The van der Waals surface area contributed by atoms with E-state index in [4.69, 9.17) is 0 Å². The van der Waals surface area contributed by atoms with Crippen molar-refractivity contribution in [2.24, 2.45) is 0 Å². The molecule has 2 aliphatic rings. The molecule has 1 heterocycles. The highest BCUT2D eigenvalue weighted by molar-refractivity contribution is 5.79. The molecule has 1 amide bonds. The Morgan fingerprint density at radius 1 is 1.32 bits per heavy atom. The predicted molar refractivity (Wildman–Crippen MR) is 85.4 cm³/mol. The van der Waals surface area contributed by atoms with Gasteiger partial charge in [0.25, 0.3) is 0 Å². The average Bonchev–Trinajstić information content (AvgIpc) is 2.53. The van der Waals surface area contributed by atoms with E-state index in [1.807, 2.05) is 4.90 Å². The topological polar surface area (TPSA) is 49.9 Å². The molecule has 1 atom stereocenters. The molecular weight excluding hydrogens is 280 g/mol.